The van der Waals surface area contributed by atoms with Crippen LogP contribution in [0.25, 0.3) is 10.9 Å². The SMILES string of the molecule is COc1ccc2nccc(CCN3CCC(NCC(=O)Nc4ccc(F)cc4)CC3)c2c1. The molecule has 0 atom stereocenters. The van der Waals surface area contributed by atoms with E-state index in [0.29, 0.717) is 11.7 Å². The summed E-state index contributed by atoms with van der Waals surface area (Å²) in [5.74, 6) is 0.422. The van der Waals surface area contributed by atoms with Gasteiger partial charge in [-0.05, 0) is 86.4 Å². The highest BCUT2D eigenvalue weighted by Crippen LogP contribution is 2.23. The first-order valence-corrected chi connectivity index (χ1v) is 11.0. The Balaban J connectivity index is 1.21. The number of piperidine rings is 1. The van der Waals surface area contributed by atoms with E-state index in [9.17, 15) is 9.18 Å². The number of carbonyl (C=O) groups excluding carboxylic acids is 1. The maximum atomic E-state index is 13.0. The van der Waals surface area contributed by atoms with Crippen molar-refractivity contribution in [1.82, 2.24) is 15.2 Å². The van der Waals surface area contributed by atoms with Crippen molar-refractivity contribution in [3.8, 4) is 5.75 Å². The molecule has 2 aromatic carbocycles. The van der Waals surface area contributed by atoms with E-state index in [1.807, 2.05) is 18.3 Å². The fourth-order valence-corrected chi connectivity index (χ4v) is 4.14. The summed E-state index contributed by atoms with van der Waals surface area (Å²) in [5, 5.41) is 7.28. The summed E-state index contributed by atoms with van der Waals surface area (Å²) in [6.07, 6.45) is 4.85. The number of nitrogens with zero attached hydrogens (tertiary/aromatic N) is 2. The topological polar surface area (TPSA) is 66.5 Å². The molecule has 0 unspecified atom stereocenters. The number of fused-ring (bicyclic) bond motifs is 1. The third-order valence-electron chi connectivity index (χ3n) is 6.00. The standard InChI is InChI=1S/C25H29FN4O2/c1-32-22-6-7-24-23(16-22)18(8-12-27-24)9-13-30-14-10-20(11-15-30)28-17-25(31)29-21-4-2-19(26)3-5-21/h2-8,12,16,20,28H,9-11,13-15,17H2,1H3,(H,29,31). The van der Waals surface area contributed by atoms with Crippen molar-refractivity contribution < 1.29 is 13.9 Å². The van der Waals surface area contributed by atoms with Gasteiger partial charge >= 0.3 is 0 Å². The molecule has 0 bridgehead atoms. The highest BCUT2D eigenvalue weighted by Gasteiger charge is 2.19. The van der Waals surface area contributed by atoms with Gasteiger partial charge in [-0.2, -0.15) is 0 Å². The van der Waals surface area contributed by atoms with Gasteiger partial charge in [-0.15, -0.1) is 0 Å². The maximum Gasteiger partial charge on any atom is 0.238 e. The molecular weight excluding hydrogens is 407 g/mol. The van der Waals surface area contributed by atoms with Crippen molar-refractivity contribution in [1.29, 1.82) is 0 Å². The van der Waals surface area contributed by atoms with Crippen LogP contribution in [0.1, 0.15) is 18.4 Å². The largest absolute Gasteiger partial charge is 0.497 e. The molecule has 4 rings (SSSR count). The van der Waals surface area contributed by atoms with Crippen LogP contribution >= 0.6 is 0 Å². The number of amides is 1. The van der Waals surface area contributed by atoms with E-state index < -0.39 is 0 Å². The molecule has 1 aromatic heterocycles. The smallest absolute Gasteiger partial charge is 0.238 e. The number of halogens is 1. The number of aromatic nitrogens is 1. The minimum Gasteiger partial charge on any atom is -0.497 e. The summed E-state index contributed by atoms with van der Waals surface area (Å²) in [4.78, 5) is 19.1. The van der Waals surface area contributed by atoms with Crippen LogP contribution in [0.5, 0.6) is 5.75 Å². The Bertz CT molecular complexity index is 1050. The van der Waals surface area contributed by atoms with Crippen molar-refractivity contribution in [2.45, 2.75) is 25.3 Å². The molecule has 0 aliphatic carbocycles. The number of ether oxygens (including phenoxy) is 1. The van der Waals surface area contributed by atoms with E-state index in [0.717, 1.165) is 55.5 Å². The number of benzene rings is 2. The molecule has 0 saturated carbocycles. The normalized spacial score (nSPS) is 15.1. The van der Waals surface area contributed by atoms with Crippen molar-refractivity contribution in [3.63, 3.8) is 0 Å². The summed E-state index contributed by atoms with van der Waals surface area (Å²) in [6, 6.07) is 14.2. The number of likely N-dealkylation sites (tertiary alicyclic amines) is 1. The second-order valence-electron chi connectivity index (χ2n) is 8.16. The maximum absolute atomic E-state index is 13.0. The third kappa shape index (κ3) is 5.81. The Hall–Kier alpha value is -3.03. The van der Waals surface area contributed by atoms with E-state index in [2.05, 4.69) is 32.7 Å². The molecule has 6 nitrogen and oxygen atoms in total. The second kappa shape index (κ2) is 10.5. The number of hydrogen-bond acceptors (Lipinski definition) is 5. The molecule has 1 fully saturated rings. The van der Waals surface area contributed by atoms with Gasteiger partial charge in [0.25, 0.3) is 0 Å². The summed E-state index contributed by atoms with van der Waals surface area (Å²) < 4.78 is 18.3. The van der Waals surface area contributed by atoms with Crippen LogP contribution in [0.15, 0.2) is 54.7 Å². The molecule has 168 valence electrons. The Labute approximate surface area is 187 Å². The van der Waals surface area contributed by atoms with E-state index in [-0.39, 0.29) is 18.3 Å². The van der Waals surface area contributed by atoms with Crippen LogP contribution < -0.4 is 15.4 Å². The zero-order valence-corrected chi connectivity index (χ0v) is 18.3. The number of hydrogen-bond donors (Lipinski definition) is 2. The van der Waals surface area contributed by atoms with Gasteiger partial charge in [0.05, 0.1) is 19.2 Å². The Kier molecular flexibility index (Phi) is 7.29. The van der Waals surface area contributed by atoms with Gasteiger partial charge in [0.1, 0.15) is 11.6 Å². The Morgan fingerprint density at radius 2 is 1.94 bits per heavy atom. The number of anilines is 1. The minimum atomic E-state index is -0.315. The van der Waals surface area contributed by atoms with Gasteiger partial charge in [-0.25, -0.2) is 4.39 Å². The van der Waals surface area contributed by atoms with Crippen LogP contribution in [0.4, 0.5) is 10.1 Å². The lowest BCUT2D eigenvalue weighted by Crippen LogP contribution is -2.45. The summed E-state index contributed by atoms with van der Waals surface area (Å²) in [5.41, 5.74) is 2.88. The van der Waals surface area contributed by atoms with Gasteiger partial charge in [0.15, 0.2) is 0 Å². The predicted octanol–water partition coefficient (Wildman–Crippen LogP) is 3.62. The molecule has 7 heteroatoms. The molecule has 1 aliphatic rings. The van der Waals surface area contributed by atoms with Crippen LogP contribution in [0.3, 0.4) is 0 Å². The van der Waals surface area contributed by atoms with E-state index in [1.54, 1.807) is 19.2 Å². The van der Waals surface area contributed by atoms with Gasteiger partial charge in [0.2, 0.25) is 5.91 Å². The van der Waals surface area contributed by atoms with Crippen LogP contribution in [0, 0.1) is 5.82 Å². The van der Waals surface area contributed by atoms with E-state index in [4.69, 9.17) is 4.74 Å². The molecule has 3 aromatic rings. The molecule has 0 spiro atoms. The third-order valence-corrected chi connectivity index (χ3v) is 6.00. The zero-order valence-electron chi connectivity index (χ0n) is 18.3. The number of rotatable bonds is 8. The molecule has 1 amide bonds. The summed E-state index contributed by atoms with van der Waals surface area (Å²) in [6.45, 7) is 3.26. The monoisotopic (exact) mass is 436 g/mol. The van der Waals surface area contributed by atoms with E-state index in [1.165, 1.54) is 17.7 Å². The fraction of sp³-hybridized carbons (Fsp3) is 0.360. The first-order chi connectivity index (χ1) is 15.6. The molecule has 32 heavy (non-hydrogen) atoms. The molecule has 2 heterocycles. The fourth-order valence-electron chi connectivity index (χ4n) is 4.14. The van der Waals surface area contributed by atoms with Crippen LogP contribution in [-0.4, -0.2) is 55.1 Å². The highest BCUT2D eigenvalue weighted by molar-refractivity contribution is 5.92. The van der Waals surface area contributed by atoms with E-state index >= 15 is 0 Å². The lowest BCUT2D eigenvalue weighted by atomic mass is 10.0. The number of methoxy groups -OCH3 is 1. The zero-order chi connectivity index (χ0) is 22.3. The number of nitrogens with one attached hydrogen (secondary N) is 2. The van der Waals surface area contributed by atoms with Crippen LogP contribution in [0.2, 0.25) is 0 Å². The molecule has 2 N–H and O–H groups in total. The van der Waals surface area contributed by atoms with Gasteiger partial charge in [-0.1, -0.05) is 0 Å². The Morgan fingerprint density at radius 1 is 1.16 bits per heavy atom. The predicted molar refractivity (Wildman–Crippen MR) is 124 cm³/mol. The lowest BCUT2D eigenvalue weighted by molar-refractivity contribution is -0.115. The Morgan fingerprint density at radius 3 is 2.69 bits per heavy atom. The van der Waals surface area contributed by atoms with Gasteiger partial charge in [-0.3, -0.25) is 9.78 Å². The van der Waals surface area contributed by atoms with Crippen molar-refractivity contribution in [3.05, 3.63) is 66.1 Å². The molecule has 1 saturated heterocycles. The first-order valence-electron chi connectivity index (χ1n) is 11.0. The van der Waals surface area contributed by atoms with Crippen molar-refractivity contribution >= 4 is 22.5 Å². The summed E-state index contributed by atoms with van der Waals surface area (Å²) in [7, 11) is 1.68. The number of carbonyl (C=O) groups is 1. The second-order valence-corrected chi connectivity index (χ2v) is 8.16. The van der Waals surface area contributed by atoms with Crippen molar-refractivity contribution in [2.24, 2.45) is 0 Å². The average molecular weight is 437 g/mol. The summed E-state index contributed by atoms with van der Waals surface area (Å²) >= 11 is 0. The lowest BCUT2D eigenvalue weighted by Gasteiger charge is -2.32. The number of pyridine rings is 1. The van der Waals surface area contributed by atoms with Gasteiger partial charge < -0.3 is 20.3 Å². The first kappa shape index (κ1) is 22.2. The van der Waals surface area contributed by atoms with Crippen LogP contribution in [-0.2, 0) is 11.2 Å². The minimum absolute atomic E-state index is 0.112. The molecule has 0 radical (unpaired) electrons. The average Bonchev–Trinajstić information content (AvgIpc) is 2.83. The van der Waals surface area contributed by atoms with Crippen molar-refractivity contribution in [2.75, 3.05) is 38.6 Å². The quantitative estimate of drug-likeness (QED) is 0.565. The van der Waals surface area contributed by atoms with Gasteiger partial charge in [0, 0.05) is 29.9 Å². The highest BCUT2D eigenvalue weighted by atomic mass is 19.1. The molecule has 1 aliphatic heterocycles. The molecular formula is C25H29FN4O2.